The number of hydrogen-bond donors (Lipinski definition) is 2. The van der Waals surface area contributed by atoms with Crippen LogP contribution in [0.1, 0.15) is 34.0 Å². The van der Waals surface area contributed by atoms with Crippen molar-refractivity contribution in [2.75, 3.05) is 25.0 Å². The number of anilines is 1. The van der Waals surface area contributed by atoms with Crippen molar-refractivity contribution < 1.29 is 4.79 Å². The van der Waals surface area contributed by atoms with Gasteiger partial charge in [-0.2, -0.15) is 0 Å². The highest BCUT2D eigenvalue weighted by Crippen LogP contribution is 2.33. The molecule has 2 aromatic rings. The predicted octanol–water partition coefficient (Wildman–Crippen LogP) is 2.04. The Morgan fingerprint density at radius 3 is 2.87 bits per heavy atom. The molecule has 2 N–H and O–H groups in total. The number of aromatic amines is 1. The highest BCUT2D eigenvalue weighted by molar-refractivity contribution is 5.93. The fraction of sp³-hybridized carbons (Fsp3) is 0.333. The number of fused-ring (bicyclic) bond motifs is 1. The average molecular weight is 311 g/mol. The van der Waals surface area contributed by atoms with Gasteiger partial charge in [0, 0.05) is 37.4 Å². The molecule has 0 saturated carbocycles. The zero-order valence-corrected chi connectivity index (χ0v) is 13.4. The quantitative estimate of drug-likeness (QED) is 0.911. The Labute approximate surface area is 135 Å². The van der Waals surface area contributed by atoms with E-state index in [1.807, 2.05) is 12.1 Å². The van der Waals surface area contributed by atoms with Gasteiger partial charge in [0.05, 0.1) is 0 Å². The van der Waals surface area contributed by atoms with Crippen LogP contribution in [0.3, 0.4) is 0 Å². The van der Waals surface area contributed by atoms with Crippen molar-refractivity contribution in [2.24, 2.45) is 0 Å². The van der Waals surface area contributed by atoms with E-state index in [0.717, 1.165) is 18.7 Å². The summed E-state index contributed by atoms with van der Waals surface area (Å²) in [4.78, 5) is 29.0. The third-order valence-corrected chi connectivity index (χ3v) is 4.41. The van der Waals surface area contributed by atoms with E-state index < -0.39 is 0 Å². The second kappa shape index (κ2) is 6.28. The molecule has 0 fully saturated rings. The van der Waals surface area contributed by atoms with E-state index in [4.69, 9.17) is 0 Å². The van der Waals surface area contributed by atoms with Crippen molar-refractivity contribution in [1.82, 2.24) is 10.3 Å². The molecule has 1 aromatic carbocycles. The molecule has 120 valence electrons. The number of hydrogen-bond acceptors (Lipinski definition) is 3. The Hall–Kier alpha value is -2.56. The van der Waals surface area contributed by atoms with Crippen LogP contribution in [0.2, 0.25) is 0 Å². The molecule has 0 saturated heterocycles. The molecule has 0 unspecified atom stereocenters. The molecule has 5 heteroatoms. The van der Waals surface area contributed by atoms with E-state index in [1.54, 1.807) is 19.1 Å². The monoisotopic (exact) mass is 311 g/mol. The average Bonchev–Trinajstić information content (AvgIpc) is 2.54. The number of aromatic nitrogens is 1. The minimum Gasteiger partial charge on any atom is -0.374 e. The summed E-state index contributed by atoms with van der Waals surface area (Å²) in [5.41, 5.74) is 3.03. The number of H-pyrrole nitrogens is 1. The first-order chi connectivity index (χ1) is 11.1. The van der Waals surface area contributed by atoms with Gasteiger partial charge in [-0.3, -0.25) is 9.59 Å². The van der Waals surface area contributed by atoms with Gasteiger partial charge in [-0.25, -0.2) is 0 Å². The zero-order valence-electron chi connectivity index (χ0n) is 13.4. The van der Waals surface area contributed by atoms with E-state index in [1.165, 1.54) is 11.3 Å². The normalized spacial score (nSPS) is 16.8. The van der Waals surface area contributed by atoms with Gasteiger partial charge in [0.2, 0.25) is 0 Å². The summed E-state index contributed by atoms with van der Waals surface area (Å²) in [6.07, 6.45) is 0.984. The molecule has 1 aliphatic rings. The number of amides is 1. The summed E-state index contributed by atoms with van der Waals surface area (Å²) in [5.74, 6) is -0.0430. The molecule has 1 aliphatic heterocycles. The van der Waals surface area contributed by atoms with Crippen molar-refractivity contribution in [1.29, 1.82) is 0 Å². The Kier molecular flexibility index (Phi) is 4.19. The molecule has 1 amide bonds. The number of carbonyl (C=O) groups is 1. The molecule has 0 spiro atoms. The molecule has 3 rings (SSSR count). The highest BCUT2D eigenvalue weighted by Gasteiger charge is 2.23. The summed E-state index contributed by atoms with van der Waals surface area (Å²) in [7, 11) is 2.08. The van der Waals surface area contributed by atoms with Crippen molar-refractivity contribution in [3.8, 4) is 0 Å². The smallest absolute Gasteiger partial charge is 0.260 e. The number of rotatable bonds is 3. The van der Waals surface area contributed by atoms with E-state index >= 15 is 0 Å². The molecule has 2 heterocycles. The summed E-state index contributed by atoms with van der Waals surface area (Å²) in [6, 6.07) is 11.6. The Bertz CT molecular complexity index is 782. The van der Waals surface area contributed by atoms with Crippen molar-refractivity contribution >= 4 is 11.6 Å². The fourth-order valence-electron chi connectivity index (χ4n) is 3.08. The van der Waals surface area contributed by atoms with Crippen LogP contribution in [0.25, 0.3) is 0 Å². The summed E-state index contributed by atoms with van der Waals surface area (Å²) in [5, 5.41) is 2.91. The molecule has 0 bridgehead atoms. The van der Waals surface area contributed by atoms with Crippen LogP contribution in [0.5, 0.6) is 0 Å². The van der Waals surface area contributed by atoms with E-state index in [-0.39, 0.29) is 22.9 Å². The summed E-state index contributed by atoms with van der Waals surface area (Å²) < 4.78 is 0. The topological polar surface area (TPSA) is 65.2 Å². The first-order valence-electron chi connectivity index (χ1n) is 7.84. The van der Waals surface area contributed by atoms with Crippen LogP contribution in [0.4, 0.5) is 5.69 Å². The van der Waals surface area contributed by atoms with Gasteiger partial charge in [-0.05, 0) is 37.1 Å². The first kappa shape index (κ1) is 15.3. The zero-order chi connectivity index (χ0) is 16.4. The van der Waals surface area contributed by atoms with Crippen molar-refractivity contribution in [3.63, 3.8) is 0 Å². The number of carbonyl (C=O) groups excluding carboxylic acids is 1. The van der Waals surface area contributed by atoms with Crippen LogP contribution in [0, 0.1) is 6.92 Å². The predicted molar refractivity (Wildman–Crippen MR) is 91.2 cm³/mol. The van der Waals surface area contributed by atoms with E-state index in [0.29, 0.717) is 6.54 Å². The standard InChI is InChI=1S/C18H21N3O2/c1-12-7-8-15(18(23)20-12)17(22)19-11-13-9-10-21(2)16-6-4-3-5-14(13)16/h3-8,13H,9-11H2,1-2H3,(H,19,22)(H,20,23)/t13-/m1/s1. The lowest BCUT2D eigenvalue weighted by Gasteiger charge is -2.33. The number of pyridine rings is 1. The Morgan fingerprint density at radius 1 is 1.30 bits per heavy atom. The largest absolute Gasteiger partial charge is 0.374 e. The third-order valence-electron chi connectivity index (χ3n) is 4.41. The SMILES string of the molecule is Cc1ccc(C(=O)NC[C@H]2CCN(C)c3ccccc32)c(=O)[nH]1. The molecule has 23 heavy (non-hydrogen) atoms. The van der Waals surface area contributed by atoms with Gasteiger partial charge in [0.15, 0.2) is 0 Å². The number of para-hydroxylation sites is 1. The highest BCUT2D eigenvalue weighted by atomic mass is 16.2. The van der Waals surface area contributed by atoms with Crippen molar-refractivity contribution in [2.45, 2.75) is 19.3 Å². The van der Waals surface area contributed by atoms with Crippen molar-refractivity contribution in [3.05, 3.63) is 63.6 Å². The maximum atomic E-state index is 12.3. The van der Waals surface area contributed by atoms with Gasteiger partial charge >= 0.3 is 0 Å². The van der Waals surface area contributed by atoms with E-state index in [2.05, 4.69) is 34.4 Å². The van der Waals surface area contributed by atoms with Crippen LogP contribution >= 0.6 is 0 Å². The van der Waals surface area contributed by atoms with Gasteiger partial charge in [0.1, 0.15) is 5.56 Å². The maximum absolute atomic E-state index is 12.3. The number of aryl methyl sites for hydroxylation is 1. The molecule has 0 aliphatic carbocycles. The summed E-state index contributed by atoms with van der Waals surface area (Å²) in [6.45, 7) is 3.29. The van der Waals surface area contributed by atoms with Crippen LogP contribution in [-0.2, 0) is 0 Å². The fourth-order valence-corrected chi connectivity index (χ4v) is 3.08. The lowest BCUT2D eigenvalue weighted by atomic mass is 9.90. The second-order valence-electron chi connectivity index (χ2n) is 6.06. The molecular formula is C18H21N3O2. The molecule has 5 nitrogen and oxygen atoms in total. The minimum absolute atomic E-state index is 0.164. The molecule has 1 aromatic heterocycles. The summed E-state index contributed by atoms with van der Waals surface area (Å²) >= 11 is 0. The third kappa shape index (κ3) is 3.13. The second-order valence-corrected chi connectivity index (χ2v) is 6.06. The Balaban J connectivity index is 1.73. The lowest BCUT2D eigenvalue weighted by Crippen LogP contribution is -2.36. The Morgan fingerprint density at radius 2 is 2.09 bits per heavy atom. The van der Waals surface area contributed by atoms with Crippen LogP contribution in [0.15, 0.2) is 41.2 Å². The van der Waals surface area contributed by atoms with Crippen LogP contribution < -0.4 is 15.8 Å². The molecule has 1 atom stereocenters. The number of nitrogens with one attached hydrogen (secondary N) is 2. The molecular weight excluding hydrogens is 290 g/mol. The van der Waals surface area contributed by atoms with E-state index in [9.17, 15) is 9.59 Å². The first-order valence-corrected chi connectivity index (χ1v) is 7.84. The van der Waals surface area contributed by atoms with Gasteiger partial charge in [0.25, 0.3) is 11.5 Å². The number of benzene rings is 1. The van der Waals surface area contributed by atoms with Crippen LogP contribution in [-0.4, -0.2) is 31.0 Å². The minimum atomic E-state index is -0.341. The lowest BCUT2D eigenvalue weighted by molar-refractivity contribution is 0.0949. The number of nitrogens with zero attached hydrogens (tertiary/aromatic N) is 1. The molecule has 0 radical (unpaired) electrons. The van der Waals surface area contributed by atoms with Gasteiger partial charge in [-0.1, -0.05) is 18.2 Å². The van der Waals surface area contributed by atoms with Gasteiger partial charge in [-0.15, -0.1) is 0 Å². The maximum Gasteiger partial charge on any atom is 0.260 e. The van der Waals surface area contributed by atoms with Gasteiger partial charge < -0.3 is 15.2 Å².